The van der Waals surface area contributed by atoms with E-state index in [4.69, 9.17) is 4.74 Å². The summed E-state index contributed by atoms with van der Waals surface area (Å²) in [4.78, 5) is 12.6. The second kappa shape index (κ2) is 12.5. The van der Waals surface area contributed by atoms with Crippen molar-refractivity contribution in [3.63, 3.8) is 0 Å². The molecule has 0 spiro atoms. The number of rotatable bonds is 9. The lowest BCUT2D eigenvalue weighted by atomic mass is 9.63. The number of carbonyl (C=O) groups excluding carboxylic acids is 1. The van der Waals surface area contributed by atoms with Crippen molar-refractivity contribution in [2.75, 3.05) is 0 Å². The van der Waals surface area contributed by atoms with E-state index in [0.717, 1.165) is 31.1 Å². The number of fused-ring (bicyclic) bond motifs is 1. The number of hydrogen-bond donors (Lipinski definition) is 0. The number of hydrogen-bond acceptors (Lipinski definition) is 2. The van der Waals surface area contributed by atoms with E-state index in [1.165, 1.54) is 44.2 Å². The number of ether oxygens (including phenoxy) is 1. The normalized spacial score (nSPS) is 23.9. The molecule has 0 saturated heterocycles. The molecule has 0 aliphatic heterocycles. The van der Waals surface area contributed by atoms with Gasteiger partial charge in [-0.05, 0) is 118 Å². The van der Waals surface area contributed by atoms with Crippen molar-refractivity contribution in [2.24, 2.45) is 17.8 Å². The van der Waals surface area contributed by atoms with Crippen molar-refractivity contribution < 1.29 is 18.3 Å². The molecule has 4 unspecified atom stereocenters. The maximum atomic E-state index is 15.1. The summed E-state index contributed by atoms with van der Waals surface area (Å²) in [5, 5.41) is 0. The lowest BCUT2D eigenvalue weighted by Crippen LogP contribution is -2.30. The summed E-state index contributed by atoms with van der Waals surface area (Å²) in [5.41, 5.74) is 1.39. The van der Waals surface area contributed by atoms with Gasteiger partial charge in [-0.2, -0.15) is 0 Å². The van der Waals surface area contributed by atoms with Crippen LogP contribution in [0.4, 0.5) is 8.78 Å². The summed E-state index contributed by atoms with van der Waals surface area (Å²) in [6, 6.07) is 9.04. The molecule has 2 nitrogen and oxygen atoms in total. The first kappa shape index (κ1) is 26.3. The molecule has 0 N–H and O–H groups in total. The van der Waals surface area contributed by atoms with E-state index < -0.39 is 11.8 Å². The van der Waals surface area contributed by atoms with Crippen molar-refractivity contribution in [3.8, 4) is 5.75 Å². The van der Waals surface area contributed by atoms with Crippen LogP contribution in [0, 0.1) is 29.4 Å². The van der Waals surface area contributed by atoms with Crippen LogP contribution in [0.25, 0.3) is 0 Å². The van der Waals surface area contributed by atoms with Crippen molar-refractivity contribution in [1.29, 1.82) is 0 Å². The lowest BCUT2D eigenvalue weighted by molar-refractivity contribution is 0.0733. The molecule has 4 atom stereocenters. The van der Waals surface area contributed by atoms with Crippen LogP contribution in [-0.4, -0.2) is 5.97 Å². The van der Waals surface area contributed by atoms with Gasteiger partial charge in [0.05, 0.1) is 5.56 Å². The van der Waals surface area contributed by atoms with Crippen LogP contribution < -0.4 is 4.74 Å². The highest BCUT2D eigenvalue weighted by molar-refractivity contribution is 5.91. The van der Waals surface area contributed by atoms with E-state index in [9.17, 15) is 9.18 Å². The van der Waals surface area contributed by atoms with E-state index in [0.29, 0.717) is 29.9 Å². The highest BCUT2D eigenvalue weighted by atomic mass is 19.1. The maximum Gasteiger partial charge on any atom is 0.343 e. The van der Waals surface area contributed by atoms with Gasteiger partial charge in [0.1, 0.15) is 17.4 Å². The second-order valence-corrected chi connectivity index (χ2v) is 10.6. The summed E-state index contributed by atoms with van der Waals surface area (Å²) in [5.74, 6) is 1.14. The fraction of sp³-hybridized carbons (Fsp3) is 0.469. The molecule has 0 heterocycles. The zero-order valence-electron chi connectivity index (χ0n) is 21.4. The van der Waals surface area contributed by atoms with E-state index >= 15 is 4.39 Å². The summed E-state index contributed by atoms with van der Waals surface area (Å²) < 4.78 is 34.7. The van der Waals surface area contributed by atoms with Gasteiger partial charge in [0, 0.05) is 6.07 Å². The lowest BCUT2D eigenvalue weighted by Gasteiger charge is -2.42. The fourth-order valence-corrected chi connectivity index (χ4v) is 6.23. The van der Waals surface area contributed by atoms with Crippen molar-refractivity contribution >= 4 is 5.97 Å². The van der Waals surface area contributed by atoms with Gasteiger partial charge in [-0.1, -0.05) is 36.8 Å². The number of benzene rings is 2. The highest BCUT2D eigenvalue weighted by Crippen LogP contribution is 2.48. The molecule has 4 rings (SSSR count). The molecule has 2 aliphatic rings. The fourth-order valence-electron chi connectivity index (χ4n) is 6.23. The van der Waals surface area contributed by atoms with Gasteiger partial charge in [0.15, 0.2) is 0 Å². The van der Waals surface area contributed by atoms with Gasteiger partial charge in [-0.3, -0.25) is 0 Å². The Labute approximate surface area is 214 Å². The van der Waals surface area contributed by atoms with Gasteiger partial charge in [0.25, 0.3) is 0 Å². The molecule has 2 fully saturated rings. The van der Waals surface area contributed by atoms with Crippen LogP contribution in [0.15, 0.2) is 61.2 Å². The topological polar surface area (TPSA) is 26.3 Å². The van der Waals surface area contributed by atoms with E-state index in [1.54, 1.807) is 30.3 Å². The number of allylic oxidation sites excluding steroid dienone is 3. The number of carbonyl (C=O) groups is 1. The standard InChI is InChI=1S/C32H38F2O2/c1-3-5-7-8-22-10-11-25-19-26(13-12-24(25)18-22)29-17-15-27(20-31(29)34)32(35)36-28-16-14-23(9-6-4-2)30(33)21-28/h3-5,14-17,20-22,24-26H,2,6-13,18-19H2,1H3/b5-3+. The summed E-state index contributed by atoms with van der Waals surface area (Å²) >= 11 is 0. The smallest absolute Gasteiger partial charge is 0.343 e. The molecular weight excluding hydrogens is 454 g/mol. The summed E-state index contributed by atoms with van der Waals surface area (Å²) in [7, 11) is 0. The van der Waals surface area contributed by atoms with Gasteiger partial charge >= 0.3 is 5.97 Å². The Morgan fingerprint density at radius 3 is 2.56 bits per heavy atom. The van der Waals surface area contributed by atoms with Gasteiger partial charge in [-0.15, -0.1) is 6.58 Å². The van der Waals surface area contributed by atoms with Gasteiger partial charge < -0.3 is 4.74 Å². The predicted molar refractivity (Wildman–Crippen MR) is 141 cm³/mol. The molecule has 4 heteroatoms. The van der Waals surface area contributed by atoms with Crippen LogP contribution in [0.5, 0.6) is 5.75 Å². The molecule has 2 aromatic carbocycles. The van der Waals surface area contributed by atoms with Crippen LogP contribution in [0.1, 0.15) is 92.1 Å². The molecule has 0 amide bonds. The maximum absolute atomic E-state index is 15.1. The van der Waals surface area contributed by atoms with Gasteiger partial charge in [-0.25, -0.2) is 13.6 Å². The van der Waals surface area contributed by atoms with Crippen LogP contribution in [0.2, 0.25) is 0 Å². The van der Waals surface area contributed by atoms with Crippen molar-refractivity contribution in [3.05, 3.63) is 89.5 Å². The first-order valence-electron chi connectivity index (χ1n) is 13.5. The molecule has 36 heavy (non-hydrogen) atoms. The Bertz CT molecular complexity index is 1090. The van der Waals surface area contributed by atoms with Crippen LogP contribution >= 0.6 is 0 Å². The van der Waals surface area contributed by atoms with E-state index in [2.05, 4.69) is 25.7 Å². The SMILES string of the molecule is C=CCCc1ccc(OC(=O)c2ccc(C3CCC4CC(CC/C=C/C)CCC4C3)c(F)c2)cc1F. The zero-order valence-corrected chi connectivity index (χ0v) is 21.4. The van der Waals surface area contributed by atoms with Crippen LogP contribution in [-0.2, 0) is 6.42 Å². The minimum Gasteiger partial charge on any atom is -0.423 e. The highest BCUT2D eigenvalue weighted by Gasteiger charge is 2.36. The largest absolute Gasteiger partial charge is 0.423 e. The second-order valence-electron chi connectivity index (χ2n) is 10.6. The molecule has 0 radical (unpaired) electrons. The number of halogens is 2. The first-order chi connectivity index (χ1) is 17.5. The number of aryl methyl sites for hydroxylation is 1. The average Bonchev–Trinajstić information content (AvgIpc) is 2.88. The Balaban J connectivity index is 1.35. The minimum atomic E-state index is -0.682. The Morgan fingerprint density at radius 2 is 1.81 bits per heavy atom. The van der Waals surface area contributed by atoms with Crippen molar-refractivity contribution in [2.45, 2.75) is 77.0 Å². The average molecular weight is 493 g/mol. The monoisotopic (exact) mass is 492 g/mol. The Morgan fingerprint density at radius 1 is 1.00 bits per heavy atom. The molecule has 0 bridgehead atoms. The molecule has 2 aromatic rings. The first-order valence-corrected chi connectivity index (χ1v) is 13.5. The molecular formula is C32H38F2O2. The van der Waals surface area contributed by atoms with Crippen LogP contribution in [0.3, 0.4) is 0 Å². The van der Waals surface area contributed by atoms with Gasteiger partial charge in [0.2, 0.25) is 0 Å². The predicted octanol–water partition coefficient (Wildman–Crippen LogP) is 8.96. The molecule has 192 valence electrons. The third-order valence-electron chi connectivity index (χ3n) is 8.23. The Hall–Kier alpha value is -2.75. The molecule has 0 aromatic heterocycles. The zero-order chi connectivity index (χ0) is 25.5. The summed E-state index contributed by atoms with van der Waals surface area (Å²) in [6.07, 6.45) is 16.9. The Kier molecular flexibility index (Phi) is 9.12. The minimum absolute atomic E-state index is 0.115. The van der Waals surface area contributed by atoms with E-state index in [-0.39, 0.29) is 23.0 Å². The third kappa shape index (κ3) is 6.52. The molecule has 2 aliphatic carbocycles. The molecule has 2 saturated carbocycles. The quantitative estimate of drug-likeness (QED) is 0.198. The number of esters is 1. The summed E-state index contributed by atoms with van der Waals surface area (Å²) in [6.45, 7) is 5.73. The van der Waals surface area contributed by atoms with E-state index in [1.807, 2.05) is 0 Å². The third-order valence-corrected chi connectivity index (χ3v) is 8.23. The van der Waals surface area contributed by atoms with Crippen molar-refractivity contribution in [1.82, 2.24) is 0 Å².